The first-order valence-corrected chi connectivity index (χ1v) is 7.97. The van der Waals surface area contributed by atoms with Gasteiger partial charge in [-0.25, -0.2) is 4.39 Å². The lowest BCUT2D eigenvalue weighted by molar-refractivity contribution is -0.134. The molecule has 0 heterocycles. The number of rotatable bonds is 7. The second-order valence-electron chi connectivity index (χ2n) is 5.82. The molecule has 2 aromatic carbocycles. The van der Waals surface area contributed by atoms with Gasteiger partial charge in [0.15, 0.2) is 18.2 Å². The number of ether oxygens (including phenoxy) is 2. The van der Waals surface area contributed by atoms with E-state index in [0.29, 0.717) is 6.54 Å². The van der Waals surface area contributed by atoms with Gasteiger partial charge in [0.1, 0.15) is 5.75 Å². The van der Waals surface area contributed by atoms with Crippen molar-refractivity contribution in [1.82, 2.24) is 4.90 Å². The molecule has 126 valence electrons. The van der Waals surface area contributed by atoms with Crippen LogP contribution in [-0.2, 0) is 11.3 Å². The van der Waals surface area contributed by atoms with Crippen molar-refractivity contribution in [2.45, 2.75) is 25.4 Å². The molecular weight excluding hydrogens is 309 g/mol. The minimum absolute atomic E-state index is 0.103. The molecule has 0 bridgehead atoms. The minimum Gasteiger partial charge on any atom is -0.497 e. The average Bonchev–Trinajstić information content (AvgIpc) is 3.44. The van der Waals surface area contributed by atoms with E-state index in [9.17, 15) is 9.18 Å². The first-order valence-electron chi connectivity index (χ1n) is 7.97. The van der Waals surface area contributed by atoms with Crippen molar-refractivity contribution in [3.05, 3.63) is 59.9 Å². The van der Waals surface area contributed by atoms with Gasteiger partial charge in [0.05, 0.1) is 7.11 Å². The van der Waals surface area contributed by atoms with Gasteiger partial charge in [-0.05, 0) is 42.7 Å². The molecule has 0 atom stereocenters. The highest BCUT2D eigenvalue weighted by Crippen LogP contribution is 2.29. The van der Waals surface area contributed by atoms with E-state index >= 15 is 0 Å². The van der Waals surface area contributed by atoms with Crippen molar-refractivity contribution in [3.8, 4) is 11.5 Å². The Hall–Kier alpha value is -2.56. The van der Waals surface area contributed by atoms with E-state index in [-0.39, 0.29) is 24.3 Å². The van der Waals surface area contributed by atoms with Gasteiger partial charge in [0, 0.05) is 12.6 Å². The van der Waals surface area contributed by atoms with Gasteiger partial charge in [0.25, 0.3) is 5.91 Å². The predicted molar refractivity (Wildman–Crippen MR) is 88.5 cm³/mol. The Bertz CT molecular complexity index is 698. The number of carbonyl (C=O) groups is 1. The van der Waals surface area contributed by atoms with Gasteiger partial charge in [-0.3, -0.25) is 4.79 Å². The van der Waals surface area contributed by atoms with Crippen LogP contribution in [0.3, 0.4) is 0 Å². The van der Waals surface area contributed by atoms with Crippen LogP contribution in [0.1, 0.15) is 18.4 Å². The van der Waals surface area contributed by atoms with Crippen LogP contribution >= 0.6 is 0 Å². The molecule has 5 heteroatoms. The van der Waals surface area contributed by atoms with E-state index in [2.05, 4.69) is 0 Å². The second kappa shape index (κ2) is 7.34. The van der Waals surface area contributed by atoms with E-state index < -0.39 is 5.82 Å². The molecule has 0 saturated heterocycles. The predicted octanol–water partition coefficient (Wildman–Crippen LogP) is 3.40. The zero-order valence-electron chi connectivity index (χ0n) is 13.6. The Kier molecular flexibility index (Phi) is 4.99. The Morgan fingerprint density at radius 3 is 2.50 bits per heavy atom. The fourth-order valence-corrected chi connectivity index (χ4v) is 2.52. The summed E-state index contributed by atoms with van der Waals surface area (Å²) in [6.07, 6.45) is 2.00. The van der Waals surface area contributed by atoms with Crippen LogP contribution < -0.4 is 9.47 Å². The number of nitrogens with zero attached hydrogens (tertiary/aromatic N) is 1. The SMILES string of the molecule is COc1ccc(CN(C(=O)COc2ccccc2F)C2CC2)cc1. The molecule has 4 nitrogen and oxygen atoms in total. The standard InChI is InChI=1S/C19H20FNO3/c1-23-16-10-6-14(7-11-16)12-21(15-8-9-15)19(22)13-24-18-5-3-2-4-17(18)20/h2-7,10-11,15H,8-9,12-13H2,1H3. The summed E-state index contributed by atoms with van der Waals surface area (Å²) in [7, 11) is 1.62. The molecule has 0 radical (unpaired) electrons. The highest BCUT2D eigenvalue weighted by atomic mass is 19.1. The lowest BCUT2D eigenvalue weighted by Crippen LogP contribution is -2.36. The summed E-state index contributed by atoms with van der Waals surface area (Å²) >= 11 is 0. The Labute approximate surface area is 140 Å². The molecule has 1 saturated carbocycles. The summed E-state index contributed by atoms with van der Waals surface area (Å²) in [6, 6.07) is 14.0. The number of halogens is 1. The summed E-state index contributed by atoms with van der Waals surface area (Å²) < 4.78 is 24.1. The molecule has 0 spiro atoms. The molecule has 24 heavy (non-hydrogen) atoms. The highest BCUT2D eigenvalue weighted by molar-refractivity contribution is 5.78. The van der Waals surface area contributed by atoms with Crippen molar-refractivity contribution < 1.29 is 18.7 Å². The zero-order valence-corrected chi connectivity index (χ0v) is 13.6. The fourth-order valence-electron chi connectivity index (χ4n) is 2.52. The Morgan fingerprint density at radius 1 is 1.17 bits per heavy atom. The molecular formula is C19H20FNO3. The lowest BCUT2D eigenvalue weighted by Gasteiger charge is -2.23. The van der Waals surface area contributed by atoms with Crippen molar-refractivity contribution >= 4 is 5.91 Å². The lowest BCUT2D eigenvalue weighted by atomic mass is 10.2. The maximum atomic E-state index is 13.6. The van der Waals surface area contributed by atoms with E-state index in [1.54, 1.807) is 19.2 Å². The molecule has 1 aliphatic carbocycles. The molecule has 1 amide bonds. The molecule has 2 aromatic rings. The normalized spacial score (nSPS) is 13.4. The quantitative estimate of drug-likeness (QED) is 0.781. The molecule has 1 fully saturated rings. The van der Waals surface area contributed by atoms with Crippen LogP contribution in [0.4, 0.5) is 4.39 Å². The number of hydrogen-bond donors (Lipinski definition) is 0. The molecule has 1 aliphatic rings. The van der Waals surface area contributed by atoms with Gasteiger partial charge >= 0.3 is 0 Å². The Morgan fingerprint density at radius 2 is 1.88 bits per heavy atom. The van der Waals surface area contributed by atoms with Crippen LogP contribution in [-0.4, -0.2) is 30.6 Å². The summed E-state index contributed by atoms with van der Waals surface area (Å²) in [4.78, 5) is 14.3. The monoisotopic (exact) mass is 329 g/mol. The molecule has 0 aromatic heterocycles. The van der Waals surface area contributed by atoms with Gasteiger partial charge in [0.2, 0.25) is 0 Å². The minimum atomic E-state index is -0.460. The highest BCUT2D eigenvalue weighted by Gasteiger charge is 2.32. The van der Waals surface area contributed by atoms with Gasteiger partial charge < -0.3 is 14.4 Å². The summed E-state index contributed by atoms with van der Waals surface area (Å²) in [5.74, 6) is 0.298. The maximum Gasteiger partial charge on any atom is 0.261 e. The number of carbonyl (C=O) groups excluding carboxylic acids is 1. The third-order valence-corrected chi connectivity index (χ3v) is 4.01. The first-order chi connectivity index (χ1) is 11.7. The summed E-state index contributed by atoms with van der Waals surface area (Å²) in [6.45, 7) is 0.363. The molecule has 0 unspecified atom stereocenters. The fraction of sp³-hybridized carbons (Fsp3) is 0.316. The van der Waals surface area contributed by atoms with E-state index in [1.165, 1.54) is 12.1 Å². The van der Waals surface area contributed by atoms with Gasteiger partial charge in [-0.1, -0.05) is 24.3 Å². The third kappa shape index (κ3) is 4.04. The number of hydrogen-bond acceptors (Lipinski definition) is 3. The third-order valence-electron chi connectivity index (χ3n) is 4.01. The van der Waals surface area contributed by atoms with Crippen molar-refractivity contribution in [2.75, 3.05) is 13.7 Å². The summed E-state index contributed by atoms with van der Waals surface area (Å²) in [5, 5.41) is 0. The van der Waals surface area contributed by atoms with Crippen LogP contribution in [0, 0.1) is 5.82 Å². The van der Waals surface area contributed by atoms with E-state index in [4.69, 9.17) is 9.47 Å². The average molecular weight is 329 g/mol. The smallest absolute Gasteiger partial charge is 0.261 e. The van der Waals surface area contributed by atoms with Crippen LogP contribution in [0.15, 0.2) is 48.5 Å². The van der Waals surface area contributed by atoms with Crippen LogP contribution in [0.2, 0.25) is 0 Å². The van der Waals surface area contributed by atoms with Crippen LogP contribution in [0.5, 0.6) is 11.5 Å². The summed E-state index contributed by atoms with van der Waals surface area (Å²) in [5.41, 5.74) is 1.03. The van der Waals surface area contributed by atoms with Crippen LogP contribution in [0.25, 0.3) is 0 Å². The largest absolute Gasteiger partial charge is 0.497 e. The number of benzene rings is 2. The van der Waals surface area contributed by atoms with Gasteiger partial charge in [-0.15, -0.1) is 0 Å². The van der Waals surface area contributed by atoms with E-state index in [1.807, 2.05) is 29.2 Å². The van der Waals surface area contributed by atoms with Crippen molar-refractivity contribution in [1.29, 1.82) is 0 Å². The first kappa shape index (κ1) is 16.3. The topological polar surface area (TPSA) is 38.8 Å². The maximum absolute atomic E-state index is 13.6. The van der Waals surface area contributed by atoms with Crippen molar-refractivity contribution in [2.24, 2.45) is 0 Å². The number of methoxy groups -OCH3 is 1. The molecule has 3 rings (SSSR count). The molecule has 0 aliphatic heterocycles. The van der Waals surface area contributed by atoms with Crippen molar-refractivity contribution in [3.63, 3.8) is 0 Å². The van der Waals surface area contributed by atoms with Gasteiger partial charge in [-0.2, -0.15) is 0 Å². The Balaban J connectivity index is 1.62. The zero-order chi connectivity index (χ0) is 16.9. The van der Waals surface area contributed by atoms with E-state index in [0.717, 1.165) is 24.2 Å². The molecule has 0 N–H and O–H groups in total. The second-order valence-corrected chi connectivity index (χ2v) is 5.82. The number of para-hydroxylation sites is 1. The number of amides is 1.